The van der Waals surface area contributed by atoms with Crippen molar-refractivity contribution >= 4 is 5.97 Å². The number of halogens is 1. The summed E-state index contributed by atoms with van der Waals surface area (Å²) in [5, 5.41) is 3.14. The zero-order chi connectivity index (χ0) is 13.8. The molecule has 0 aromatic heterocycles. The molecule has 4 heteroatoms. The first-order valence-electron chi connectivity index (χ1n) is 5.96. The number of ether oxygens (including phenoxy) is 1. The smallest absolute Gasteiger partial charge is 0.325 e. The van der Waals surface area contributed by atoms with E-state index in [0.717, 1.165) is 0 Å². The molecule has 0 fully saturated rings. The third-order valence-electron chi connectivity index (χ3n) is 2.79. The molecule has 0 radical (unpaired) electrons. The van der Waals surface area contributed by atoms with Crippen molar-refractivity contribution in [1.82, 2.24) is 5.32 Å². The maximum Gasteiger partial charge on any atom is 0.325 e. The Bertz CT molecular complexity index is 418. The van der Waals surface area contributed by atoms with Crippen molar-refractivity contribution in [2.24, 2.45) is 0 Å². The van der Waals surface area contributed by atoms with E-state index in [1.54, 1.807) is 32.0 Å². The quantitative estimate of drug-likeness (QED) is 0.818. The van der Waals surface area contributed by atoms with Crippen LogP contribution in [-0.2, 0) is 16.0 Å². The lowest BCUT2D eigenvalue weighted by molar-refractivity contribution is -0.147. The zero-order valence-electron chi connectivity index (χ0n) is 11.3. The van der Waals surface area contributed by atoms with Gasteiger partial charge in [-0.2, -0.15) is 0 Å². The van der Waals surface area contributed by atoms with Crippen molar-refractivity contribution in [1.29, 1.82) is 0 Å². The summed E-state index contributed by atoms with van der Waals surface area (Å²) in [4.78, 5) is 11.5. The summed E-state index contributed by atoms with van der Waals surface area (Å²) in [6.45, 7) is 5.41. The molecule has 0 heterocycles. The molecule has 1 N–H and O–H groups in total. The predicted molar refractivity (Wildman–Crippen MR) is 68.8 cm³/mol. The van der Waals surface area contributed by atoms with Gasteiger partial charge in [0.05, 0.1) is 7.11 Å². The Kier molecular flexibility index (Phi) is 4.84. The molecule has 0 aliphatic rings. The highest BCUT2D eigenvalue weighted by atomic mass is 19.1. The van der Waals surface area contributed by atoms with E-state index in [-0.39, 0.29) is 17.8 Å². The summed E-state index contributed by atoms with van der Waals surface area (Å²) in [5.41, 5.74) is -0.141. The van der Waals surface area contributed by atoms with Crippen LogP contribution in [0, 0.1) is 5.82 Å². The standard InChI is InChI=1S/C14H20FNO2/c1-10(16-14(2,3)13(17)18-4)9-11-7-5-6-8-12(11)15/h5-8,10,16H,9H2,1-4H3. The van der Waals surface area contributed by atoms with Gasteiger partial charge in [-0.05, 0) is 38.8 Å². The van der Waals surface area contributed by atoms with Crippen molar-refractivity contribution in [3.8, 4) is 0 Å². The Balaban J connectivity index is 2.65. The van der Waals surface area contributed by atoms with Crippen LogP contribution >= 0.6 is 0 Å². The van der Waals surface area contributed by atoms with Crippen LogP contribution in [0.1, 0.15) is 26.3 Å². The maximum absolute atomic E-state index is 13.5. The monoisotopic (exact) mass is 253 g/mol. The van der Waals surface area contributed by atoms with Crippen LogP contribution in [-0.4, -0.2) is 24.7 Å². The highest BCUT2D eigenvalue weighted by molar-refractivity contribution is 5.79. The molecule has 1 unspecified atom stereocenters. The van der Waals surface area contributed by atoms with Gasteiger partial charge in [0.25, 0.3) is 0 Å². The fraction of sp³-hybridized carbons (Fsp3) is 0.500. The van der Waals surface area contributed by atoms with Gasteiger partial charge in [0.1, 0.15) is 11.4 Å². The van der Waals surface area contributed by atoms with Gasteiger partial charge in [0.15, 0.2) is 0 Å². The van der Waals surface area contributed by atoms with E-state index >= 15 is 0 Å². The van der Waals surface area contributed by atoms with E-state index in [2.05, 4.69) is 5.32 Å². The number of hydrogen-bond donors (Lipinski definition) is 1. The van der Waals surface area contributed by atoms with Crippen molar-refractivity contribution in [3.63, 3.8) is 0 Å². The first-order chi connectivity index (χ1) is 8.36. The number of carbonyl (C=O) groups excluding carboxylic acids is 1. The number of rotatable bonds is 5. The maximum atomic E-state index is 13.5. The topological polar surface area (TPSA) is 38.3 Å². The zero-order valence-corrected chi connectivity index (χ0v) is 11.3. The summed E-state index contributed by atoms with van der Waals surface area (Å²) in [7, 11) is 1.35. The molecule has 0 spiro atoms. The van der Waals surface area contributed by atoms with Gasteiger partial charge in [0, 0.05) is 6.04 Å². The molecule has 100 valence electrons. The van der Waals surface area contributed by atoms with Gasteiger partial charge in [0.2, 0.25) is 0 Å². The molecule has 18 heavy (non-hydrogen) atoms. The van der Waals surface area contributed by atoms with Gasteiger partial charge >= 0.3 is 5.97 Å². The first-order valence-corrected chi connectivity index (χ1v) is 5.96. The lowest BCUT2D eigenvalue weighted by atomic mass is 10.0. The molecule has 3 nitrogen and oxygen atoms in total. The average molecular weight is 253 g/mol. The summed E-state index contributed by atoms with van der Waals surface area (Å²) in [6.07, 6.45) is 0.521. The number of benzene rings is 1. The fourth-order valence-corrected chi connectivity index (χ4v) is 1.97. The first kappa shape index (κ1) is 14.6. The lowest BCUT2D eigenvalue weighted by Gasteiger charge is -2.27. The Labute approximate surface area is 107 Å². The minimum Gasteiger partial charge on any atom is -0.468 e. The average Bonchev–Trinajstić information content (AvgIpc) is 2.30. The number of carbonyl (C=O) groups is 1. The Morgan fingerprint density at radius 2 is 2.06 bits per heavy atom. The Morgan fingerprint density at radius 1 is 1.44 bits per heavy atom. The minimum absolute atomic E-state index is 0.0315. The van der Waals surface area contributed by atoms with Crippen LogP contribution < -0.4 is 5.32 Å². The normalized spacial score (nSPS) is 13.2. The van der Waals surface area contributed by atoms with E-state index < -0.39 is 5.54 Å². The molecule has 0 saturated carbocycles. The molecule has 1 aromatic carbocycles. The van der Waals surface area contributed by atoms with Gasteiger partial charge in [-0.3, -0.25) is 10.1 Å². The van der Waals surface area contributed by atoms with E-state index in [0.29, 0.717) is 12.0 Å². The van der Waals surface area contributed by atoms with E-state index in [1.807, 2.05) is 6.92 Å². The van der Waals surface area contributed by atoms with Crippen molar-refractivity contribution < 1.29 is 13.9 Å². The second-order valence-corrected chi connectivity index (χ2v) is 4.96. The SMILES string of the molecule is COC(=O)C(C)(C)NC(C)Cc1ccccc1F. The van der Waals surface area contributed by atoms with Gasteiger partial charge < -0.3 is 4.74 Å². The third-order valence-corrected chi connectivity index (χ3v) is 2.79. The molecule has 1 atom stereocenters. The van der Waals surface area contributed by atoms with Crippen molar-refractivity contribution in [2.45, 2.75) is 38.8 Å². The minimum atomic E-state index is -0.778. The molecular weight excluding hydrogens is 233 g/mol. The Hall–Kier alpha value is -1.42. The molecule has 1 rings (SSSR count). The van der Waals surface area contributed by atoms with Crippen LogP contribution in [0.3, 0.4) is 0 Å². The second-order valence-electron chi connectivity index (χ2n) is 4.96. The van der Waals surface area contributed by atoms with Crippen molar-refractivity contribution in [3.05, 3.63) is 35.6 Å². The molecular formula is C14H20FNO2. The van der Waals surface area contributed by atoms with E-state index in [1.165, 1.54) is 13.2 Å². The summed E-state index contributed by atoms with van der Waals surface area (Å²) >= 11 is 0. The number of esters is 1. The van der Waals surface area contributed by atoms with Crippen LogP contribution in [0.15, 0.2) is 24.3 Å². The fourth-order valence-electron chi connectivity index (χ4n) is 1.97. The van der Waals surface area contributed by atoms with E-state index in [9.17, 15) is 9.18 Å². The predicted octanol–water partition coefficient (Wildman–Crippen LogP) is 2.30. The van der Waals surface area contributed by atoms with E-state index in [4.69, 9.17) is 4.74 Å². The molecule has 0 amide bonds. The number of hydrogen-bond acceptors (Lipinski definition) is 3. The van der Waals surface area contributed by atoms with Crippen molar-refractivity contribution in [2.75, 3.05) is 7.11 Å². The second kappa shape index (κ2) is 5.96. The molecule has 1 aromatic rings. The summed E-state index contributed by atoms with van der Waals surface area (Å²) in [6, 6.07) is 6.62. The van der Waals surface area contributed by atoms with Crippen LogP contribution in [0.4, 0.5) is 4.39 Å². The van der Waals surface area contributed by atoms with Gasteiger partial charge in [-0.25, -0.2) is 4.39 Å². The molecule has 0 aliphatic heterocycles. The van der Waals surface area contributed by atoms with Crippen LogP contribution in [0.2, 0.25) is 0 Å². The molecule has 0 aliphatic carbocycles. The highest BCUT2D eigenvalue weighted by Gasteiger charge is 2.29. The van der Waals surface area contributed by atoms with Gasteiger partial charge in [-0.1, -0.05) is 18.2 Å². The number of nitrogens with one attached hydrogen (secondary N) is 1. The third kappa shape index (κ3) is 3.81. The molecule has 0 bridgehead atoms. The van der Waals surface area contributed by atoms with Gasteiger partial charge in [-0.15, -0.1) is 0 Å². The van der Waals surface area contributed by atoms with Crippen LogP contribution in [0.5, 0.6) is 0 Å². The summed E-state index contributed by atoms with van der Waals surface area (Å²) in [5.74, 6) is -0.551. The Morgan fingerprint density at radius 3 is 2.61 bits per heavy atom. The lowest BCUT2D eigenvalue weighted by Crippen LogP contribution is -2.51. The molecule has 0 saturated heterocycles. The number of methoxy groups -OCH3 is 1. The highest BCUT2D eigenvalue weighted by Crippen LogP contribution is 2.12. The largest absolute Gasteiger partial charge is 0.468 e. The summed E-state index contributed by atoms with van der Waals surface area (Å²) < 4.78 is 18.2. The van der Waals surface area contributed by atoms with Crippen LogP contribution in [0.25, 0.3) is 0 Å².